The Hall–Kier alpha value is -0.860. The Morgan fingerprint density at radius 2 is 1.71 bits per heavy atom. The average molecular weight is 199 g/mol. The molecule has 0 heterocycles. The van der Waals surface area contributed by atoms with Crippen molar-refractivity contribution in [2.24, 2.45) is 4.99 Å². The topological polar surface area (TPSA) is 49.7 Å². The molecule has 0 aromatic rings. The Balaban J connectivity index is 3.02. The highest BCUT2D eigenvalue weighted by molar-refractivity contribution is 5.77. The van der Waals surface area contributed by atoms with Crippen LogP contribution in [0.25, 0.3) is 0 Å². The summed E-state index contributed by atoms with van der Waals surface area (Å²) in [6.07, 6.45) is 9.97. The third kappa shape index (κ3) is 11.1. The van der Waals surface area contributed by atoms with E-state index in [2.05, 4.69) is 11.9 Å². The van der Waals surface area contributed by atoms with Crippen LogP contribution in [0.2, 0.25) is 0 Å². The molecule has 0 aliphatic heterocycles. The predicted molar refractivity (Wildman–Crippen MR) is 59.1 cm³/mol. The first-order valence-corrected chi connectivity index (χ1v) is 5.52. The smallest absolute Gasteiger partial charge is 0.430 e. The minimum Gasteiger partial charge on any atom is -0.463 e. The maximum Gasteiger partial charge on any atom is 0.430 e. The molecule has 0 aromatic heterocycles. The zero-order valence-electron chi connectivity index (χ0n) is 9.04. The van der Waals surface area contributed by atoms with Crippen molar-refractivity contribution in [1.29, 1.82) is 0 Å². The van der Waals surface area contributed by atoms with Gasteiger partial charge >= 0.3 is 6.09 Å². The molecule has 0 fully saturated rings. The summed E-state index contributed by atoms with van der Waals surface area (Å²) < 4.78 is 0. The van der Waals surface area contributed by atoms with E-state index in [0.29, 0.717) is 0 Å². The molecule has 1 amide bonds. The molecule has 0 radical (unpaired) electrons. The highest BCUT2D eigenvalue weighted by Gasteiger charge is 1.90. The van der Waals surface area contributed by atoms with Crippen LogP contribution in [-0.4, -0.2) is 17.4 Å². The standard InChI is InChI=1S/C11H21NO2/c1-2-3-4-5-6-7-8-9-10-12-11(13)14/h10H,2-9H2,1H3,(H,13,14). The van der Waals surface area contributed by atoms with Gasteiger partial charge in [-0.15, -0.1) is 0 Å². The maximum absolute atomic E-state index is 10.0. The molecule has 0 saturated heterocycles. The van der Waals surface area contributed by atoms with E-state index >= 15 is 0 Å². The van der Waals surface area contributed by atoms with Gasteiger partial charge in [0, 0.05) is 6.21 Å². The Morgan fingerprint density at radius 3 is 2.29 bits per heavy atom. The first-order chi connectivity index (χ1) is 6.77. The number of hydrogen-bond acceptors (Lipinski definition) is 1. The molecule has 0 bridgehead atoms. The third-order valence-corrected chi connectivity index (χ3v) is 2.14. The van der Waals surface area contributed by atoms with Gasteiger partial charge in [-0.05, 0) is 12.8 Å². The zero-order chi connectivity index (χ0) is 10.6. The van der Waals surface area contributed by atoms with Crippen LogP contribution in [0.4, 0.5) is 4.79 Å². The minimum absolute atomic E-state index is 0.792. The molecule has 0 aliphatic carbocycles. The van der Waals surface area contributed by atoms with Gasteiger partial charge in [-0.2, -0.15) is 4.99 Å². The van der Waals surface area contributed by atoms with Gasteiger partial charge in [-0.3, -0.25) is 0 Å². The second-order valence-corrected chi connectivity index (χ2v) is 3.50. The van der Waals surface area contributed by atoms with E-state index in [4.69, 9.17) is 5.11 Å². The van der Waals surface area contributed by atoms with Crippen molar-refractivity contribution in [2.45, 2.75) is 58.3 Å². The molecule has 0 atom stereocenters. The quantitative estimate of drug-likeness (QED) is 0.476. The van der Waals surface area contributed by atoms with Crippen molar-refractivity contribution in [2.75, 3.05) is 0 Å². The lowest BCUT2D eigenvalue weighted by molar-refractivity contribution is 0.206. The van der Waals surface area contributed by atoms with Crippen LogP contribution in [0.3, 0.4) is 0 Å². The van der Waals surface area contributed by atoms with E-state index in [9.17, 15) is 4.79 Å². The molecule has 0 spiro atoms. The molecule has 0 rings (SSSR count). The Labute approximate surface area is 86.2 Å². The van der Waals surface area contributed by atoms with E-state index in [-0.39, 0.29) is 0 Å². The van der Waals surface area contributed by atoms with Crippen molar-refractivity contribution in [3.8, 4) is 0 Å². The monoisotopic (exact) mass is 199 g/mol. The average Bonchev–Trinajstić information content (AvgIpc) is 2.15. The van der Waals surface area contributed by atoms with Crippen LogP contribution >= 0.6 is 0 Å². The normalized spacial score (nSPS) is 10.9. The van der Waals surface area contributed by atoms with Gasteiger partial charge < -0.3 is 5.11 Å². The molecule has 0 saturated carbocycles. The molecule has 3 nitrogen and oxygen atoms in total. The van der Waals surface area contributed by atoms with E-state index in [0.717, 1.165) is 12.8 Å². The van der Waals surface area contributed by atoms with Crippen molar-refractivity contribution >= 4 is 12.3 Å². The Bertz CT molecular complexity index is 167. The number of nitrogens with zero attached hydrogens (tertiary/aromatic N) is 1. The van der Waals surface area contributed by atoms with Crippen LogP contribution in [0, 0.1) is 0 Å². The zero-order valence-corrected chi connectivity index (χ0v) is 9.04. The molecule has 3 heteroatoms. The molecular weight excluding hydrogens is 178 g/mol. The van der Waals surface area contributed by atoms with Crippen LogP contribution in [0.15, 0.2) is 4.99 Å². The highest BCUT2D eigenvalue weighted by atomic mass is 16.4. The fourth-order valence-corrected chi connectivity index (χ4v) is 1.34. The van der Waals surface area contributed by atoms with Crippen LogP contribution in [-0.2, 0) is 0 Å². The number of aliphatic imine (C=N–C) groups is 1. The predicted octanol–water partition coefficient (Wildman–Crippen LogP) is 3.88. The van der Waals surface area contributed by atoms with E-state index < -0.39 is 6.09 Å². The second-order valence-electron chi connectivity index (χ2n) is 3.50. The maximum atomic E-state index is 10.0. The van der Waals surface area contributed by atoms with Gasteiger partial charge in [-0.1, -0.05) is 45.4 Å². The van der Waals surface area contributed by atoms with Gasteiger partial charge in [0.2, 0.25) is 0 Å². The molecule has 0 unspecified atom stereocenters. The summed E-state index contributed by atoms with van der Waals surface area (Å²) in [6, 6.07) is 0. The minimum atomic E-state index is -1.09. The highest BCUT2D eigenvalue weighted by Crippen LogP contribution is 2.07. The first kappa shape index (κ1) is 13.1. The third-order valence-electron chi connectivity index (χ3n) is 2.14. The van der Waals surface area contributed by atoms with E-state index in [1.807, 2.05) is 0 Å². The lowest BCUT2D eigenvalue weighted by Gasteiger charge is -1.98. The number of amides is 1. The fourth-order valence-electron chi connectivity index (χ4n) is 1.34. The van der Waals surface area contributed by atoms with Crippen molar-refractivity contribution < 1.29 is 9.90 Å². The van der Waals surface area contributed by atoms with Gasteiger partial charge in [0.05, 0.1) is 0 Å². The summed E-state index contributed by atoms with van der Waals surface area (Å²) in [5, 5.41) is 8.22. The lowest BCUT2D eigenvalue weighted by atomic mass is 10.1. The molecule has 0 aromatic carbocycles. The number of unbranched alkanes of at least 4 members (excludes halogenated alkanes) is 7. The van der Waals surface area contributed by atoms with E-state index in [1.54, 1.807) is 0 Å². The van der Waals surface area contributed by atoms with Gasteiger partial charge in [0.1, 0.15) is 0 Å². The Morgan fingerprint density at radius 1 is 1.14 bits per heavy atom. The van der Waals surface area contributed by atoms with Crippen LogP contribution in [0.1, 0.15) is 58.3 Å². The molecule has 0 aliphatic rings. The summed E-state index contributed by atoms with van der Waals surface area (Å²) in [5.74, 6) is 0. The largest absolute Gasteiger partial charge is 0.463 e. The number of carboxylic acid groups (broad SMARTS) is 1. The van der Waals surface area contributed by atoms with Gasteiger partial charge in [0.15, 0.2) is 0 Å². The fraction of sp³-hybridized carbons (Fsp3) is 0.818. The van der Waals surface area contributed by atoms with Crippen molar-refractivity contribution in [1.82, 2.24) is 0 Å². The second kappa shape index (κ2) is 10.2. The molecule has 1 N–H and O–H groups in total. The van der Waals surface area contributed by atoms with Crippen LogP contribution in [0.5, 0.6) is 0 Å². The SMILES string of the molecule is CCCCCCCCCC=NC(=O)O. The summed E-state index contributed by atoms with van der Waals surface area (Å²) in [7, 11) is 0. The van der Waals surface area contributed by atoms with E-state index in [1.165, 1.54) is 44.7 Å². The van der Waals surface area contributed by atoms with Crippen LogP contribution < -0.4 is 0 Å². The number of hydrogen-bond donors (Lipinski definition) is 1. The first-order valence-electron chi connectivity index (χ1n) is 5.52. The molecular formula is C11H21NO2. The van der Waals surface area contributed by atoms with Crippen molar-refractivity contribution in [3.05, 3.63) is 0 Å². The summed E-state index contributed by atoms with van der Waals surface area (Å²) >= 11 is 0. The van der Waals surface area contributed by atoms with Gasteiger partial charge in [-0.25, -0.2) is 4.79 Å². The van der Waals surface area contributed by atoms with Gasteiger partial charge in [0.25, 0.3) is 0 Å². The lowest BCUT2D eigenvalue weighted by Crippen LogP contribution is -1.87. The molecule has 14 heavy (non-hydrogen) atoms. The number of rotatable bonds is 8. The molecule has 82 valence electrons. The summed E-state index contributed by atoms with van der Waals surface area (Å²) in [6.45, 7) is 2.21. The number of carbonyl (C=O) groups is 1. The summed E-state index contributed by atoms with van der Waals surface area (Å²) in [5.41, 5.74) is 0. The summed E-state index contributed by atoms with van der Waals surface area (Å²) in [4.78, 5) is 13.3. The van der Waals surface area contributed by atoms with Crippen molar-refractivity contribution in [3.63, 3.8) is 0 Å². The Kier molecular flexibility index (Phi) is 9.59.